The molecule has 0 aliphatic heterocycles. The SMILES string of the molecule is O/C=C/Oc1cc[nH]c1. The molecule has 0 saturated carbocycles. The van der Waals surface area contributed by atoms with Crippen LogP contribution in [0.4, 0.5) is 0 Å². The third kappa shape index (κ3) is 1.53. The minimum Gasteiger partial charge on any atom is -0.512 e. The van der Waals surface area contributed by atoms with Crippen LogP contribution in [0.2, 0.25) is 0 Å². The first kappa shape index (κ1) is 5.75. The lowest BCUT2D eigenvalue weighted by Crippen LogP contribution is -1.76. The van der Waals surface area contributed by atoms with Crippen molar-refractivity contribution in [1.29, 1.82) is 0 Å². The number of ether oxygens (including phenoxy) is 1. The van der Waals surface area contributed by atoms with Gasteiger partial charge in [0.1, 0.15) is 18.3 Å². The Kier molecular flexibility index (Phi) is 1.80. The van der Waals surface area contributed by atoms with Crippen molar-refractivity contribution in [3.05, 3.63) is 31.0 Å². The topological polar surface area (TPSA) is 45.2 Å². The second-order valence-electron chi connectivity index (χ2n) is 1.45. The first-order valence-electron chi connectivity index (χ1n) is 2.52. The Bertz CT molecular complexity index is 179. The highest BCUT2D eigenvalue weighted by molar-refractivity contribution is 5.16. The smallest absolute Gasteiger partial charge is 0.144 e. The zero-order chi connectivity index (χ0) is 6.53. The molecule has 48 valence electrons. The highest BCUT2D eigenvalue weighted by Crippen LogP contribution is 2.06. The molecule has 0 unspecified atom stereocenters. The predicted octanol–water partition coefficient (Wildman–Crippen LogP) is 1.42. The van der Waals surface area contributed by atoms with E-state index < -0.39 is 0 Å². The van der Waals surface area contributed by atoms with Crippen LogP contribution in [0.3, 0.4) is 0 Å². The monoisotopic (exact) mass is 125 g/mol. The second kappa shape index (κ2) is 2.81. The molecule has 0 atom stereocenters. The molecule has 0 saturated heterocycles. The Labute approximate surface area is 52.6 Å². The van der Waals surface area contributed by atoms with Crippen LogP contribution in [0.1, 0.15) is 0 Å². The van der Waals surface area contributed by atoms with Crippen molar-refractivity contribution in [2.75, 3.05) is 0 Å². The Hall–Kier alpha value is -1.38. The molecule has 3 nitrogen and oxygen atoms in total. The zero-order valence-corrected chi connectivity index (χ0v) is 4.74. The summed E-state index contributed by atoms with van der Waals surface area (Å²) in [6.45, 7) is 0. The molecule has 9 heavy (non-hydrogen) atoms. The number of H-pyrrole nitrogens is 1. The molecule has 0 bridgehead atoms. The molecule has 0 fully saturated rings. The first-order valence-corrected chi connectivity index (χ1v) is 2.52. The van der Waals surface area contributed by atoms with Crippen molar-refractivity contribution in [1.82, 2.24) is 4.98 Å². The number of aliphatic hydroxyl groups excluding tert-OH is 1. The fraction of sp³-hybridized carbons (Fsp3) is 0. The zero-order valence-electron chi connectivity index (χ0n) is 4.74. The number of aromatic amines is 1. The first-order chi connectivity index (χ1) is 4.43. The van der Waals surface area contributed by atoms with Gasteiger partial charge in [0.05, 0.1) is 0 Å². The molecule has 2 N–H and O–H groups in total. The number of hydrogen-bond donors (Lipinski definition) is 2. The standard InChI is InChI=1S/C6H7NO2/c8-3-4-9-6-1-2-7-5-6/h1-5,7-8H/b4-3+. The normalized spacial score (nSPS) is 10.2. The van der Waals surface area contributed by atoms with Gasteiger partial charge in [-0.3, -0.25) is 0 Å². The van der Waals surface area contributed by atoms with Gasteiger partial charge in [0.15, 0.2) is 0 Å². The molecule has 1 rings (SSSR count). The van der Waals surface area contributed by atoms with Crippen LogP contribution in [-0.4, -0.2) is 10.1 Å². The molecule has 1 heterocycles. The second-order valence-corrected chi connectivity index (χ2v) is 1.45. The molecular weight excluding hydrogens is 118 g/mol. The van der Waals surface area contributed by atoms with E-state index in [0.29, 0.717) is 5.75 Å². The summed E-state index contributed by atoms with van der Waals surface area (Å²) < 4.78 is 4.83. The van der Waals surface area contributed by atoms with E-state index in [4.69, 9.17) is 9.84 Å². The minimum atomic E-state index is 0.681. The van der Waals surface area contributed by atoms with Crippen LogP contribution in [0.25, 0.3) is 0 Å². The summed E-state index contributed by atoms with van der Waals surface area (Å²) in [6, 6.07) is 1.75. The maximum absolute atomic E-state index is 8.15. The fourth-order valence-electron chi connectivity index (χ4n) is 0.491. The van der Waals surface area contributed by atoms with Crippen LogP contribution in [-0.2, 0) is 0 Å². The van der Waals surface area contributed by atoms with Crippen LogP contribution >= 0.6 is 0 Å². The van der Waals surface area contributed by atoms with E-state index >= 15 is 0 Å². The Morgan fingerprint density at radius 3 is 3.11 bits per heavy atom. The average molecular weight is 125 g/mol. The van der Waals surface area contributed by atoms with Gasteiger partial charge >= 0.3 is 0 Å². The molecule has 0 aromatic carbocycles. The van der Waals surface area contributed by atoms with E-state index in [1.165, 1.54) is 6.26 Å². The van der Waals surface area contributed by atoms with Gasteiger partial charge in [-0.1, -0.05) is 0 Å². The molecule has 0 spiro atoms. The van der Waals surface area contributed by atoms with E-state index in [1.807, 2.05) is 0 Å². The third-order valence-corrected chi connectivity index (χ3v) is 0.834. The van der Waals surface area contributed by atoms with Gasteiger partial charge in [-0.05, 0) is 6.07 Å². The van der Waals surface area contributed by atoms with Gasteiger partial charge in [-0.2, -0.15) is 0 Å². The number of nitrogens with one attached hydrogen (secondary N) is 1. The fourth-order valence-corrected chi connectivity index (χ4v) is 0.491. The van der Waals surface area contributed by atoms with Gasteiger partial charge in [0, 0.05) is 12.4 Å². The maximum atomic E-state index is 8.15. The number of aliphatic hydroxyl groups is 1. The Balaban J connectivity index is 2.48. The van der Waals surface area contributed by atoms with E-state index in [-0.39, 0.29) is 0 Å². The summed E-state index contributed by atoms with van der Waals surface area (Å²) in [4.78, 5) is 2.80. The van der Waals surface area contributed by atoms with Crippen LogP contribution in [0.15, 0.2) is 31.0 Å². The maximum Gasteiger partial charge on any atom is 0.144 e. The highest BCUT2D eigenvalue weighted by Gasteiger charge is 1.85. The molecule has 0 amide bonds. The summed E-state index contributed by atoms with van der Waals surface area (Å²) in [7, 11) is 0. The summed E-state index contributed by atoms with van der Waals surface area (Å²) in [6.07, 6.45) is 5.46. The quantitative estimate of drug-likeness (QED) is 0.587. The van der Waals surface area contributed by atoms with E-state index in [1.54, 1.807) is 18.5 Å². The van der Waals surface area contributed by atoms with Gasteiger partial charge in [-0.15, -0.1) is 0 Å². The molecular formula is C6H7NO2. The minimum absolute atomic E-state index is 0.681. The average Bonchev–Trinajstić information content (AvgIpc) is 2.34. The van der Waals surface area contributed by atoms with Gasteiger partial charge in [0.2, 0.25) is 0 Å². The van der Waals surface area contributed by atoms with Crippen LogP contribution < -0.4 is 4.74 Å². The molecule has 0 radical (unpaired) electrons. The van der Waals surface area contributed by atoms with Crippen LogP contribution in [0.5, 0.6) is 5.75 Å². The van der Waals surface area contributed by atoms with Gasteiger partial charge in [-0.25, -0.2) is 0 Å². The third-order valence-electron chi connectivity index (χ3n) is 0.834. The summed E-state index contributed by atoms with van der Waals surface area (Å²) in [5.41, 5.74) is 0. The van der Waals surface area contributed by atoms with Crippen molar-refractivity contribution in [3.63, 3.8) is 0 Å². The summed E-state index contributed by atoms with van der Waals surface area (Å²) in [5.74, 6) is 0.681. The van der Waals surface area contributed by atoms with Crippen molar-refractivity contribution >= 4 is 0 Å². The molecule has 3 heteroatoms. The summed E-state index contributed by atoms with van der Waals surface area (Å²) in [5, 5.41) is 8.15. The van der Waals surface area contributed by atoms with Gasteiger partial charge in [0.25, 0.3) is 0 Å². The summed E-state index contributed by atoms with van der Waals surface area (Å²) >= 11 is 0. The van der Waals surface area contributed by atoms with Crippen molar-refractivity contribution in [3.8, 4) is 5.75 Å². The number of hydrogen-bond acceptors (Lipinski definition) is 2. The lowest BCUT2D eigenvalue weighted by atomic mass is 10.6. The molecule has 0 aliphatic carbocycles. The van der Waals surface area contributed by atoms with E-state index in [0.717, 1.165) is 6.26 Å². The van der Waals surface area contributed by atoms with E-state index in [9.17, 15) is 0 Å². The number of rotatable bonds is 2. The van der Waals surface area contributed by atoms with Crippen molar-refractivity contribution < 1.29 is 9.84 Å². The Morgan fingerprint density at radius 1 is 1.67 bits per heavy atom. The van der Waals surface area contributed by atoms with Crippen LogP contribution in [0, 0.1) is 0 Å². The Morgan fingerprint density at radius 2 is 2.56 bits per heavy atom. The lowest BCUT2D eigenvalue weighted by molar-refractivity contribution is 0.415. The van der Waals surface area contributed by atoms with E-state index in [2.05, 4.69) is 4.98 Å². The molecule has 1 aromatic rings. The number of aromatic nitrogens is 1. The largest absolute Gasteiger partial charge is 0.512 e. The predicted molar refractivity (Wildman–Crippen MR) is 33.2 cm³/mol. The van der Waals surface area contributed by atoms with Gasteiger partial charge < -0.3 is 14.8 Å². The van der Waals surface area contributed by atoms with Crippen molar-refractivity contribution in [2.45, 2.75) is 0 Å². The van der Waals surface area contributed by atoms with Crippen molar-refractivity contribution in [2.24, 2.45) is 0 Å². The highest BCUT2D eigenvalue weighted by atomic mass is 16.5. The molecule has 1 aromatic heterocycles. The molecule has 0 aliphatic rings. The lowest BCUT2D eigenvalue weighted by Gasteiger charge is -1.89.